The zero-order valence-corrected chi connectivity index (χ0v) is 12.8. The molecule has 2 aliphatic rings. The fourth-order valence-corrected chi connectivity index (χ4v) is 2.96. The molecule has 1 aromatic heterocycles. The molecule has 4 rings (SSSR count). The van der Waals surface area contributed by atoms with Crippen LogP contribution in [0.1, 0.15) is 19.3 Å². The molecule has 0 unspecified atom stereocenters. The van der Waals surface area contributed by atoms with Crippen molar-refractivity contribution in [3.63, 3.8) is 0 Å². The highest BCUT2D eigenvalue weighted by Crippen LogP contribution is 2.33. The molecule has 24 heavy (non-hydrogen) atoms. The van der Waals surface area contributed by atoms with E-state index in [2.05, 4.69) is 20.0 Å². The minimum absolute atomic E-state index is 0.0722. The number of hydrogen-bond donors (Lipinski definition) is 2. The van der Waals surface area contributed by atoms with Crippen molar-refractivity contribution in [2.45, 2.75) is 25.3 Å². The van der Waals surface area contributed by atoms with Gasteiger partial charge in [-0.1, -0.05) is 5.16 Å². The number of carbonyl (C=O) groups excluding carboxylic acids is 2. The summed E-state index contributed by atoms with van der Waals surface area (Å²) in [4.78, 5) is 39.5. The topological polar surface area (TPSA) is 108 Å². The summed E-state index contributed by atoms with van der Waals surface area (Å²) in [6.07, 6.45) is 2.37. The van der Waals surface area contributed by atoms with Crippen molar-refractivity contribution in [2.75, 3.05) is 11.9 Å². The number of carbonyl (C=O) groups is 2. The van der Waals surface area contributed by atoms with Gasteiger partial charge in [0, 0.05) is 30.3 Å². The van der Waals surface area contributed by atoms with Gasteiger partial charge >= 0.3 is 5.76 Å². The van der Waals surface area contributed by atoms with Crippen LogP contribution in [0.15, 0.2) is 33.6 Å². The molecule has 2 aromatic rings. The van der Waals surface area contributed by atoms with Crippen LogP contribution >= 0.6 is 0 Å². The fraction of sp³-hybridized carbons (Fsp3) is 0.375. The SMILES string of the molecule is O=C(Nc1ccc(-c2noc(=O)[nH]2)cc1)[C@@H]1CC(=O)N(C2CC2)C1. The van der Waals surface area contributed by atoms with E-state index < -0.39 is 5.76 Å². The number of H-pyrrole nitrogens is 1. The van der Waals surface area contributed by atoms with E-state index in [0.29, 0.717) is 29.7 Å². The summed E-state index contributed by atoms with van der Waals surface area (Å²) in [6, 6.07) is 7.23. The van der Waals surface area contributed by atoms with E-state index in [4.69, 9.17) is 0 Å². The van der Waals surface area contributed by atoms with Crippen molar-refractivity contribution in [3.8, 4) is 11.4 Å². The average molecular weight is 328 g/mol. The van der Waals surface area contributed by atoms with Crippen LogP contribution in [0.5, 0.6) is 0 Å². The van der Waals surface area contributed by atoms with Crippen molar-refractivity contribution < 1.29 is 14.1 Å². The predicted molar refractivity (Wildman–Crippen MR) is 84.0 cm³/mol. The Bertz CT molecular complexity index is 834. The molecular formula is C16H16N4O4. The highest BCUT2D eigenvalue weighted by Gasteiger charge is 2.41. The molecule has 0 bridgehead atoms. The second-order valence-electron chi connectivity index (χ2n) is 6.19. The van der Waals surface area contributed by atoms with Gasteiger partial charge in [0.2, 0.25) is 11.8 Å². The second kappa shape index (κ2) is 5.63. The first-order valence-corrected chi connectivity index (χ1v) is 7.87. The third-order valence-corrected chi connectivity index (χ3v) is 4.38. The van der Waals surface area contributed by atoms with Crippen LogP contribution in [0.4, 0.5) is 5.69 Å². The first kappa shape index (κ1) is 14.7. The summed E-state index contributed by atoms with van der Waals surface area (Å²) < 4.78 is 4.46. The molecule has 8 heteroatoms. The Morgan fingerprint density at radius 2 is 2.00 bits per heavy atom. The van der Waals surface area contributed by atoms with E-state index in [0.717, 1.165) is 12.8 Å². The lowest BCUT2D eigenvalue weighted by molar-refractivity contribution is -0.128. The first-order chi connectivity index (χ1) is 11.6. The molecule has 124 valence electrons. The summed E-state index contributed by atoms with van der Waals surface area (Å²) in [5.41, 5.74) is 1.31. The number of aromatic amines is 1. The van der Waals surface area contributed by atoms with Gasteiger partial charge in [0.25, 0.3) is 0 Å². The van der Waals surface area contributed by atoms with Gasteiger partial charge < -0.3 is 10.2 Å². The monoisotopic (exact) mass is 328 g/mol. The van der Waals surface area contributed by atoms with Gasteiger partial charge in [-0.3, -0.25) is 19.1 Å². The molecule has 2 fully saturated rings. The maximum atomic E-state index is 12.3. The molecule has 1 aliphatic heterocycles. The number of amides is 2. The Morgan fingerprint density at radius 3 is 2.62 bits per heavy atom. The van der Waals surface area contributed by atoms with Crippen molar-refractivity contribution >= 4 is 17.5 Å². The summed E-state index contributed by atoms with van der Waals surface area (Å²) in [6.45, 7) is 0.508. The molecule has 1 aromatic carbocycles. The molecule has 0 spiro atoms. The Labute approximate surface area is 136 Å². The van der Waals surface area contributed by atoms with E-state index in [9.17, 15) is 14.4 Å². The van der Waals surface area contributed by atoms with Gasteiger partial charge in [-0.05, 0) is 37.1 Å². The van der Waals surface area contributed by atoms with Crippen LogP contribution in [-0.4, -0.2) is 39.4 Å². The lowest BCUT2D eigenvalue weighted by Crippen LogP contribution is -2.29. The standard InChI is InChI=1S/C16H16N4O4/c21-13-7-10(8-20(13)12-5-6-12)15(22)17-11-3-1-9(2-4-11)14-18-16(23)24-19-14/h1-4,10,12H,5-8H2,(H,17,22)(H,18,19,23)/t10-/m1/s1. The molecule has 1 aliphatic carbocycles. The van der Waals surface area contributed by atoms with Crippen molar-refractivity contribution in [2.24, 2.45) is 5.92 Å². The number of nitrogens with zero attached hydrogens (tertiary/aromatic N) is 2. The second-order valence-corrected chi connectivity index (χ2v) is 6.19. The molecule has 0 radical (unpaired) electrons. The largest absolute Gasteiger partial charge is 0.439 e. The van der Waals surface area contributed by atoms with Gasteiger partial charge in [-0.25, -0.2) is 4.79 Å². The first-order valence-electron chi connectivity index (χ1n) is 7.87. The molecule has 2 N–H and O–H groups in total. The fourth-order valence-electron chi connectivity index (χ4n) is 2.96. The number of nitrogens with one attached hydrogen (secondary N) is 2. The zero-order valence-electron chi connectivity index (χ0n) is 12.8. The van der Waals surface area contributed by atoms with Crippen LogP contribution in [0.25, 0.3) is 11.4 Å². The lowest BCUT2D eigenvalue weighted by Gasteiger charge is -2.15. The van der Waals surface area contributed by atoms with Crippen LogP contribution in [0.3, 0.4) is 0 Å². The Kier molecular flexibility index (Phi) is 3.44. The molecule has 2 heterocycles. The van der Waals surface area contributed by atoms with Crippen molar-refractivity contribution in [1.29, 1.82) is 0 Å². The molecular weight excluding hydrogens is 312 g/mol. The van der Waals surface area contributed by atoms with E-state index in [1.807, 2.05) is 4.90 Å². The minimum atomic E-state index is -0.617. The number of rotatable bonds is 4. The van der Waals surface area contributed by atoms with E-state index in [1.165, 1.54) is 0 Å². The number of benzene rings is 1. The smallest absolute Gasteiger partial charge is 0.339 e. The van der Waals surface area contributed by atoms with Gasteiger partial charge in [0.15, 0.2) is 5.82 Å². The number of likely N-dealkylation sites (tertiary alicyclic amines) is 1. The van der Waals surface area contributed by atoms with Crippen LogP contribution in [-0.2, 0) is 9.59 Å². The molecule has 1 atom stereocenters. The predicted octanol–water partition coefficient (Wildman–Crippen LogP) is 0.979. The highest BCUT2D eigenvalue weighted by atomic mass is 16.5. The quantitative estimate of drug-likeness (QED) is 0.869. The zero-order chi connectivity index (χ0) is 16.7. The maximum absolute atomic E-state index is 12.3. The Hall–Kier alpha value is -2.90. The van der Waals surface area contributed by atoms with Crippen LogP contribution < -0.4 is 11.1 Å². The third kappa shape index (κ3) is 2.82. The van der Waals surface area contributed by atoms with Gasteiger partial charge in [-0.2, -0.15) is 0 Å². The summed E-state index contributed by atoms with van der Waals surface area (Å²) in [5, 5.41) is 6.44. The number of aromatic nitrogens is 2. The average Bonchev–Trinajstić information content (AvgIpc) is 3.20. The van der Waals surface area contributed by atoms with Gasteiger partial charge in [0.1, 0.15) is 0 Å². The molecule has 1 saturated heterocycles. The molecule has 1 saturated carbocycles. The maximum Gasteiger partial charge on any atom is 0.439 e. The lowest BCUT2D eigenvalue weighted by atomic mass is 10.1. The van der Waals surface area contributed by atoms with Crippen LogP contribution in [0.2, 0.25) is 0 Å². The molecule has 2 amide bonds. The van der Waals surface area contributed by atoms with Gasteiger partial charge in [-0.15, -0.1) is 0 Å². The number of anilines is 1. The third-order valence-electron chi connectivity index (χ3n) is 4.38. The molecule has 8 nitrogen and oxygen atoms in total. The number of hydrogen-bond acceptors (Lipinski definition) is 5. The van der Waals surface area contributed by atoms with Crippen LogP contribution in [0, 0.1) is 5.92 Å². The summed E-state index contributed by atoms with van der Waals surface area (Å²) >= 11 is 0. The minimum Gasteiger partial charge on any atom is -0.339 e. The Morgan fingerprint density at radius 1 is 1.25 bits per heavy atom. The summed E-state index contributed by atoms with van der Waals surface area (Å²) in [5.74, 6) is -0.658. The van der Waals surface area contributed by atoms with Gasteiger partial charge in [0.05, 0.1) is 5.92 Å². The highest BCUT2D eigenvalue weighted by molar-refractivity contribution is 5.97. The van der Waals surface area contributed by atoms with Crippen molar-refractivity contribution in [3.05, 3.63) is 34.8 Å². The Balaban J connectivity index is 1.41. The van der Waals surface area contributed by atoms with E-state index in [-0.39, 0.29) is 24.2 Å². The van der Waals surface area contributed by atoms with E-state index in [1.54, 1.807) is 24.3 Å². The van der Waals surface area contributed by atoms with Crippen molar-refractivity contribution in [1.82, 2.24) is 15.0 Å². The summed E-state index contributed by atoms with van der Waals surface area (Å²) in [7, 11) is 0. The normalized spacial score (nSPS) is 20.4. The van der Waals surface area contributed by atoms with E-state index >= 15 is 0 Å².